The van der Waals surface area contributed by atoms with E-state index < -0.39 is 5.82 Å². The lowest BCUT2D eigenvalue weighted by molar-refractivity contribution is 0.210. The molecule has 0 saturated carbocycles. The quantitative estimate of drug-likeness (QED) is 0.473. The molecule has 8 nitrogen and oxygen atoms in total. The second-order valence-electron chi connectivity index (χ2n) is 4.38. The van der Waals surface area contributed by atoms with Crippen LogP contribution in [0.5, 0.6) is 0 Å². The summed E-state index contributed by atoms with van der Waals surface area (Å²) in [6.07, 6.45) is 0. The molecule has 0 amide bonds. The highest BCUT2D eigenvalue weighted by atomic mass is 19.1. The molecule has 0 aliphatic heterocycles. The molecule has 23 heavy (non-hydrogen) atoms. The molecule has 0 atom stereocenters. The van der Waals surface area contributed by atoms with Gasteiger partial charge in [-0.2, -0.15) is 5.26 Å². The predicted octanol–water partition coefficient (Wildman–Crippen LogP) is 1.63. The number of rotatable bonds is 6. The standard InChI is InChI=1S/C14H15FN6O2/c1-17-13(12-14(21-23-20-12)18-5-6-22-2)19-10-3-4-11(15)9(7-10)8-16/h3-4,7H,5-6H2,1-2H3,(H,17,19)(H,18,21). The summed E-state index contributed by atoms with van der Waals surface area (Å²) in [6.45, 7) is 1.01. The number of aliphatic imine (C=N–C) groups is 1. The summed E-state index contributed by atoms with van der Waals surface area (Å²) >= 11 is 0. The highest BCUT2D eigenvalue weighted by Gasteiger charge is 2.16. The van der Waals surface area contributed by atoms with Crippen molar-refractivity contribution < 1.29 is 13.8 Å². The smallest absolute Gasteiger partial charge is 0.202 e. The number of hydrogen-bond acceptors (Lipinski definition) is 7. The van der Waals surface area contributed by atoms with Gasteiger partial charge in [-0.3, -0.25) is 4.99 Å². The number of nitriles is 1. The Morgan fingerprint density at radius 2 is 2.30 bits per heavy atom. The van der Waals surface area contributed by atoms with Gasteiger partial charge in [-0.1, -0.05) is 0 Å². The lowest BCUT2D eigenvalue weighted by atomic mass is 10.2. The van der Waals surface area contributed by atoms with Crippen LogP contribution in [0.1, 0.15) is 11.3 Å². The summed E-state index contributed by atoms with van der Waals surface area (Å²) in [4.78, 5) is 4.09. The Morgan fingerprint density at radius 3 is 3.00 bits per heavy atom. The number of hydrogen-bond donors (Lipinski definition) is 2. The summed E-state index contributed by atoms with van der Waals surface area (Å²) in [5, 5.41) is 22.4. The third-order valence-corrected chi connectivity index (χ3v) is 2.88. The molecule has 2 rings (SSSR count). The van der Waals surface area contributed by atoms with Crippen molar-refractivity contribution in [3.05, 3.63) is 35.3 Å². The summed E-state index contributed by atoms with van der Waals surface area (Å²) in [5.74, 6) is 0.178. The van der Waals surface area contributed by atoms with Gasteiger partial charge in [0.1, 0.15) is 11.9 Å². The Hall–Kier alpha value is -2.99. The second kappa shape index (κ2) is 7.86. The van der Waals surface area contributed by atoms with Gasteiger partial charge in [0.05, 0.1) is 12.2 Å². The van der Waals surface area contributed by atoms with Crippen molar-refractivity contribution in [3.63, 3.8) is 0 Å². The Balaban J connectivity index is 2.18. The molecule has 2 N–H and O–H groups in total. The SMILES string of the molecule is C/N=C(\Nc1ccc(F)c(C#N)c1)c1nonc1NCCOC. The first kappa shape index (κ1) is 16.4. The Bertz CT molecular complexity index is 737. The number of methoxy groups -OCH3 is 1. The monoisotopic (exact) mass is 318 g/mol. The van der Waals surface area contributed by atoms with Crippen molar-refractivity contribution in [1.29, 1.82) is 5.26 Å². The van der Waals surface area contributed by atoms with E-state index in [9.17, 15) is 4.39 Å². The fraction of sp³-hybridized carbons (Fsp3) is 0.286. The van der Waals surface area contributed by atoms with Crippen molar-refractivity contribution >= 4 is 17.3 Å². The molecular formula is C14H15FN6O2. The van der Waals surface area contributed by atoms with E-state index in [1.807, 2.05) is 0 Å². The van der Waals surface area contributed by atoms with Crippen LogP contribution in [0.2, 0.25) is 0 Å². The Morgan fingerprint density at radius 1 is 1.48 bits per heavy atom. The van der Waals surface area contributed by atoms with Gasteiger partial charge in [0.2, 0.25) is 5.82 Å². The highest BCUT2D eigenvalue weighted by Crippen LogP contribution is 2.17. The molecule has 0 spiro atoms. The average Bonchev–Trinajstić information content (AvgIpc) is 3.02. The summed E-state index contributed by atoms with van der Waals surface area (Å²) in [6, 6.07) is 5.86. The fourth-order valence-corrected chi connectivity index (χ4v) is 1.78. The lowest BCUT2D eigenvalue weighted by Crippen LogP contribution is -2.18. The molecule has 0 aliphatic carbocycles. The van der Waals surface area contributed by atoms with Crippen LogP contribution in [0.3, 0.4) is 0 Å². The zero-order valence-electron chi connectivity index (χ0n) is 12.6. The third kappa shape index (κ3) is 4.02. The normalized spacial score (nSPS) is 11.1. The number of nitrogens with one attached hydrogen (secondary N) is 2. The second-order valence-corrected chi connectivity index (χ2v) is 4.38. The first-order valence-corrected chi connectivity index (χ1v) is 6.68. The van der Waals surface area contributed by atoms with Crippen molar-refractivity contribution in [3.8, 4) is 6.07 Å². The van der Waals surface area contributed by atoms with Gasteiger partial charge in [0.15, 0.2) is 11.5 Å². The van der Waals surface area contributed by atoms with E-state index in [0.717, 1.165) is 0 Å². The van der Waals surface area contributed by atoms with Crippen LogP contribution in [-0.2, 0) is 4.74 Å². The zero-order valence-corrected chi connectivity index (χ0v) is 12.6. The number of benzene rings is 1. The van der Waals surface area contributed by atoms with Crippen LogP contribution in [0.4, 0.5) is 15.9 Å². The van der Waals surface area contributed by atoms with Gasteiger partial charge in [0, 0.05) is 26.4 Å². The van der Waals surface area contributed by atoms with E-state index in [4.69, 9.17) is 14.6 Å². The molecule has 2 aromatic rings. The molecule has 0 bridgehead atoms. The van der Waals surface area contributed by atoms with E-state index in [2.05, 4.69) is 25.9 Å². The minimum atomic E-state index is -0.585. The Labute approximate surface area is 131 Å². The molecule has 1 aromatic heterocycles. The zero-order chi connectivity index (χ0) is 16.7. The van der Waals surface area contributed by atoms with Crippen molar-refractivity contribution in [2.45, 2.75) is 0 Å². The molecule has 0 aliphatic rings. The van der Waals surface area contributed by atoms with Crippen molar-refractivity contribution in [2.24, 2.45) is 4.99 Å². The summed E-state index contributed by atoms with van der Waals surface area (Å²) in [5.41, 5.74) is 0.794. The molecule has 0 unspecified atom stereocenters. The number of nitrogens with zero attached hydrogens (tertiary/aromatic N) is 4. The number of anilines is 2. The van der Waals surface area contributed by atoms with Gasteiger partial charge < -0.3 is 15.4 Å². The van der Waals surface area contributed by atoms with Gasteiger partial charge in [-0.15, -0.1) is 0 Å². The van der Waals surface area contributed by atoms with Gasteiger partial charge >= 0.3 is 0 Å². The van der Waals surface area contributed by atoms with E-state index >= 15 is 0 Å². The minimum absolute atomic E-state index is 0.0674. The van der Waals surface area contributed by atoms with E-state index in [1.54, 1.807) is 20.2 Å². The number of halogens is 1. The number of ether oxygens (including phenoxy) is 1. The van der Waals surface area contributed by atoms with Gasteiger partial charge in [-0.05, 0) is 28.5 Å². The lowest BCUT2D eigenvalue weighted by Gasteiger charge is -2.09. The maximum Gasteiger partial charge on any atom is 0.202 e. The molecule has 1 heterocycles. The molecule has 0 saturated heterocycles. The van der Waals surface area contributed by atoms with Crippen LogP contribution in [-0.4, -0.2) is 43.5 Å². The molecular weight excluding hydrogens is 303 g/mol. The van der Waals surface area contributed by atoms with Crippen LogP contribution in [0.15, 0.2) is 27.8 Å². The maximum absolute atomic E-state index is 13.4. The summed E-state index contributed by atoms with van der Waals surface area (Å²) < 4.78 is 23.0. The summed E-state index contributed by atoms with van der Waals surface area (Å²) in [7, 11) is 3.15. The van der Waals surface area contributed by atoms with Crippen molar-refractivity contribution in [1.82, 2.24) is 10.3 Å². The Kier molecular flexibility index (Phi) is 5.60. The van der Waals surface area contributed by atoms with E-state index in [0.29, 0.717) is 36.2 Å². The van der Waals surface area contributed by atoms with Crippen LogP contribution >= 0.6 is 0 Å². The first-order chi connectivity index (χ1) is 11.2. The van der Waals surface area contributed by atoms with E-state index in [-0.39, 0.29) is 5.56 Å². The predicted molar refractivity (Wildman–Crippen MR) is 81.9 cm³/mol. The first-order valence-electron chi connectivity index (χ1n) is 6.68. The molecule has 1 aromatic carbocycles. The van der Waals surface area contributed by atoms with Crippen LogP contribution in [0, 0.1) is 17.1 Å². The molecule has 9 heteroatoms. The topological polar surface area (TPSA) is 108 Å². The molecule has 0 fully saturated rings. The van der Waals surface area contributed by atoms with Crippen LogP contribution < -0.4 is 10.6 Å². The number of amidine groups is 1. The highest BCUT2D eigenvalue weighted by molar-refractivity contribution is 6.09. The third-order valence-electron chi connectivity index (χ3n) is 2.88. The van der Waals surface area contributed by atoms with Crippen LogP contribution in [0.25, 0.3) is 0 Å². The minimum Gasteiger partial charge on any atom is -0.383 e. The van der Waals surface area contributed by atoms with Gasteiger partial charge in [0.25, 0.3) is 0 Å². The van der Waals surface area contributed by atoms with Gasteiger partial charge in [-0.25, -0.2) is 9.02 Å². The molecule has 120 valence electrons. The average molecular weight is 318 g/mol. The maximum atomic E-state index is 13.4. The largest absolute Gasteiger partial charge is 0.383 e. The van der Waals surface area contributed by atoms with E-state index in [1.165, 1.54) is 18.2 Å². The number of aromatic nitrogens is 2. The fourth-order valence-electron chi connectivity index (χ4n) is 1.78. The van der Waals surface area contributed by atoms with Crippen molar-refractivity contribution in [2.75, 3.05) is 37.9 Å². The molecule has 0 radical (unpaired) electrons.